The first-order valence-electron chi connectivity index (χ1n) is 8.45. The largest absolute Gasteiger partial charge is 0.469 e. The van der Waals surface area contributed by atoms with Crippen LogP contribution in [-0.4, -0.2) is 20.4 Å². The summed E-state index contributed by atoms with van der Waals surface area (Å²) in [6.07, 6.45) is 2.16. The van der Waals surface area contributed by atoms with Crippen LogP contribution in [0.2, 0.25) is 0 Å². The van der Waals surface area contributed by atoms with Crippen LogP contribution in [0.5, 0.6) is 0 Å². The molecule has 3 rings (SSSR count). The zero-order valence-electron chi connectivity index (χ0n) is 14.8. The number of anilines is 1. The maximum Gasteiger partial charge on any atom is 0.261 e. The van der Waals surface area contributed by atoms with Gasteiger partial charge < -0.3 is 9.73 Å². The predicted octanol–water partition coefficient (Wildman–Crippen LogP) is 3.44. The molecule has 2 aromatic carbocycles. The van der Waals surface area contributed by atoms with Crippen molar-refractivity contribution in [1.82, 2.24) is 5.32 Å². The van der Waals surface area contributed by atoms with Gasteiger partial charge >= 0.3 is 0 Å². The summed E-state index contributed by atoms with van der Waals surface area (Å²) in [4.78, 5) is 12.6. The van der Waals surface area contributed by atoms with E-state index in [-0.39, 0.29) is 16.8 Å². The second-order valence-electron chi connectivity index (χ2n) is 6.16. The molecule has 1 heterocycles. The monoisotopic (exact) mass is 384 g/mol. The molecule has 6 nitrogen and oxygen atoms in total. The molecule has 0 saturated carbocycles. The lowest BCUT2D eigenvalue weighted by atomic mass is 10.1. The van der Waals surface area contributed by atoms with Gasteiger partial charge in [0, 0.05) is 23.7 Å². The Morgan fingerprint density at radius 1 is 1.04 bits per heavy atom. The fourth-order valence-corrected chi connectivity index (χ4v) is 3.70. The van der Waals surface area contributed by atoms with Crippen molar-refractivity contribution in [2.75, 3.05) is 4.72 Å². The van der Waals surface area contributed by atoms with Gasteiger partial charge in [0.25, 0.3) is 15.9 Å². The molecular formula is C20H20N2O4S. The molecule has 2 N–H and O–H groups in total. The average Bonchev–Trinajstić information content (AvgIpc) is 3.15. The lowest BCUT2D eigenvalue weighted by molar-refractivity contribution is 0.0939. The lowest BCUT2D eigenvalue weighted by Gasteiger charge is -2.13. The number of carbonyl (C=O) groups excluding carboxylic acids is 1. The van der Waals surface area contributed by atoms with Crippen molar-refractivity contribution in [1.29, 1.82) is 0 Å². The number of nitrogens with one attached hydrogen (secondary N) is 2. The van der Waals surface area contributed by atoms with Crippen molar-refractivity contribution < 1.29 is 17.6 Å². The van der Waals surface area contributed by atoms with Gasteiger partial charge in [-0.1, -0.05) is 24.3 Å². The lowest BCUT2D eigenvalue weighted by Crippen LogP contribution is -2.34. The van der Waals surface area contributed by atoms with E-state index < -0.39 is 10.0 Å². The maximum absolute atomic E-state index is 12.5. The highest BCUT2D eigenvalue weighted by Gasteiger charge is 2.16. The first-order chi connectivity index (χ1) is 12.9. The molecule has 1 unspecified atom stereocenters. The summed E-state index contributed by atoms with van der Waals surface area (Å²) < 4.78 is 32.6. The van der Waals surface area contributed by atoms with Gasteiger partial charge in [0.1, 0.15) is 5.76 Å². The van der Waals surface area contributed by atoms with E-state index in [1.54, 1.807) is 48.7 Å². The van der Waals surface area contributed by atoms with Crippen LogP contribution in [0.25, 0.3) is 0 Å². The number of sulfonamides is 1. The number of hydrogen-bond donors (Lipinski definition) is 2. The molecule has 1 atom stereocenters. The number of carbonyl (C=O) groups is 1. The molecule has 1 amide bonds. The van der Waals surface area contributed by atoms with Crippen molar-refractivity contribution in [2.45, 2.75) is 24.3 Å². The summed E-state index contributed by atoms with van der Waals surface area (Å²) in [5.74, 6) is 0.502. The molecular weight excluding hydrogens is 364 g/mol. The van der Waals surface area contributed by atoms with Crippen LogP contribution in [0, 0.1) is 0 Å². The van der Waals surface area contributed by atoms with Gasteiger partial charge in [0.2, 0.25) is 0 Å². The van der Waals surface area contributed by atoms with Gasteiger partial charge in [0.15, 0.2) is 0 Å². The highest BCUT2D eigenvalue weighted by Crippen LogP contribution is 2.17. The first kappa shape index (κ1) is 18.7. The van der Waals surface area contributed by atoms with Crippen LogP contribution in [0.1, 0.15) is 23.0 Å². The molecule has 0 aliphatic rings. The third kappa shape index (κ3) is 4.98. The third-order valence-electron chi connectivity index (χ3n) is 3.90. The quantitative estimate of drug-likeness (QED) is 0.653. The number of rotatable bonds is 7. The van der Waals surface area contributed by atoms with Crippen molar-refractivity contribution >= 4 is 21.6 Å². The normalized spacial score (nSPS) is 12.3. The number of furan rings is 1. The summed E-state index contributed by atoms with van der Waals surface area (Å²) in [5.41, 5.74) is 0.694. The molecule has 3 aromatic rings. The van der Waals surface area contributed by atoms with E-state index in [0.29, 0.717) is 17.7 Å². The second kappa shape index (κ2) is 8.09. The number of amides is 1. The molecule has 0 spiro atoms. The minimum absolute atomic E-state index is 0.131. The van der Waals surface area contributed by atoms with Gasteiger partial charge in [-0.05, 0) is 49.4 Å². The Balaban J connectivity index is 1.68. The van der Waals surface area contributed by atoms with Crippen LogP contribution < -0.4 is 10.0 Å². The van der Waals surface area contributed by atoms with Gasteiger partial charge in [-0.3, -0.25) is 9.52 Å². The Bertz CT molecular complexity index is 999. The van der Waals surface area contributed by atoms with E-state index >= 15 is 0 Å². The molecule has 0 saturated heterocycles. The molecule has 7 heteroatoms. The number of hydrogen-bond acceptors (Lipinski definition) is 4. The van der Waals surface area contributed by atoms with Crippen LogP contribution in [0.4, 0.5) is 5.69 Å². The second-order valence-corrected chi connectivity index (χ2v) is 7.84. The zero-order valence-corrected chi connectivity index (χ0v) is 15.6. The highest BCUT2D eigenvalue weighted by molar-refractivity contribution is 7.92. The summed E-state index contributed by atoms with van der Waals surface area (Å²) in [5, 5.41) is 2.88. The van der Waals surface area contributed by atoms with Crippen LogP contribution >= 0.6 is 0 Å². The third-order valence-corrected chi connectivity index (χ3v) is 5.29. The van der Waals surface area contributed by atoms with Crippen molar-refractivity contribution in [3.05, 3.63) is 84.3 Å². The molecule has 0 aliphatic carbocycles. The van der Waals surface area contributed by atoms with E-state index in [0.717, 1.165) is 5.76 Å². The van der Waals surface area contributed by atoms with E-state index in [9.17, 15) is 13.2 Å². The number of benzene rings is 2. The Hall–Kier alpha value is -3.06. The van der Waals surface area contributed by atoms with Crippen LogP contribution in [0.3, 0.4) is 0 Å². The van der Waals surface area contributed by atoms with Crippen molar-refractivity contribution in [3.63, 3.8) is 0 Å². The van der Waals surface area contributed by atoms with Gasteiger partial charge in [-0.25, -0.2) is 8.42 Å². The van der Waals surface area contributed by atoms with Gasteiger partial charge in [-0.2, -0.15) is 0 Å². The predicted molar refractivity (Wildman–Crippen MR) is 103 cm³/mol. The molecule has 0 aliphatic heterocycles. The summed E-state index contributed by atoms with van der Waals surface area (Å²) in [6.45, 7) is 1.88. The first-order valence-corrected chi connectivity index (χ1v) is 9.93. The molecule has 0 radical (unpaired) electrons. The molecule has 0 bridgehead atoms. The summed E-state index contributed by atoms with van der Waals surface area (Å²) >= 11 is 0. The molecule has 0 fully saturated rings. The van der Waals surface area contributed by atoms with E-state index in [4.69, 9.17) is 4.42 Å². The molecule has 27 heavy (non-hydrogen) atoms. The fourth-order valence-electron chi connectivity index (χ4n) is 2.63. The Labute approximate surface area is 158 Å². The Morgan fingerprint density at radius 3 is 2.52 bits per heavy atom. The minimum atomic E-state index is -3.71. The summed E-state index contributed by atoms with van der Waals surface area (Å²) in [6, 6.07) is 18.0. The molecule has 140 valence electrons. The highest BCUT2D eigenvalue weighted by atomic mass is 32.2. The maximum atomic E-state index is 12.5. The van der Waals surface area contributed by atoms with Crippen molar-refractivity contribution in [2.24, 2.45) is 0 Å². The Kier molecular flexibility index (Phi) is 5.61. The standard InChI is InChI=1S/C20H20N2O4S/c1-15(13-18-9-6-12-26-18)21-20(23)16-7-5-8-17(14-16)22-27(24,25)19-10-3-2-4-11-19/h2-12,14-15,22H,13H2,1H3,(H,21,23). The SMILES string of the molecule is CC(Cc1ccco1)NC(=O)c1cccc(NS(=O)(=O)c2ccccc2)c1. The smallest absolute Gasteiger partial charge is 0.261 e. The van der Waals surface area contributed by atoms with E-state index in [1.165, 1.54) is 18.2 Å². The van der Waals surface area contributed by atoms with Gasteiger partial charge in [-0.15, -0.1) is 0 Å². The van der Waals surface area contributed by atoms with E-state index in [2.05, 4.69) is 10.0 Å². The zero-order chi connectivity index (χ0) is 19.3. The van der Waals surface area contributed by atoms with Crippen molar-refractivity contribution in [3.8, 4) is 0 Å². The Morgan fingerprint density at radius 2 is 1.81 bits per heavy atom. The van der Waals surface area contributed by atoms with Gasteiger partial charge in [0.05, 0.1) is 11.2 Å². The molecule has 1 aromatic heterocycles. The topological polar surface area (TPSA) is 88.4 Å². The summed E-state index contributed by atoms with van der Waals surface area (Å²) in [7, 11) is -3.71. The van der Waals surface area contributed by atoms with E-state index in [1.807, 2.05) is 13.0 Å². The minimum Gasteiger partial charge on any atom is -0.469 e. The fraction of sp³-hybridized carbons (Fsp3) is 0.150. The van der Waals surface area contributed by atoms with Crippen LogP contribution in [0.15, 0.2) is 82.3 Å². The van der Waals surface area contributed by atoms with Crippen LogP contribution in [-0.2, 0) is 16.4 Å². The average molecular weight is 384 g/mol.